The minimum atomic E-state index is -0.405. The van der Waals surface area contributed by atoms with E-state index in [0.717, 1.165) is 40.7 Å². The number of nitrogens with one attached hydrogen (secondary N) is 1. The summed E-state index contributed by atoms with van der Waals surface area (Å²) in [5, 5.41) is 15.7. The number of rotatable bonds is 6. The van der Waals surface area contributed by atoms with E-state index in [2.05, 4.69) is 45.7 Å². The minimum absolute atomic E-state index is 0.00215. The van der Waals surface area contributed by atoms with E-state index in [0.29, 0.717) is 11.8 Å². The molecule has 3 aromatic rings. The van der Waals surface area contributed by atoms with Crippen molar-refractivity contribution in [3.63, 3.8) is 0 Å². The Morgan fingerprint density at radius 2 is 1.92 bits per heavy atom. The van der Waals surface area contributed by atoms with E-state index in [4.69, 9.17) is 17.0 Å². The second-order valence-electron chi connectivity index (χ2n) is 9.60. The Morgan fingerprint density at radius 1 is 1.14 bits per heavy atom. The lowest BCUT2D eigenvalue weighted by Crippen LogP contribution is -2.40. The number of benzene rings is 1. The predicted octanol–water partition coefficient (Wildman–Crippen LogP) is 5.71. The number of nitrogens with zero attached hydrogens (tertiary/aromatic N) is 4. The monoisotopic (exact) mass is 505 g/mol. The quantitative estimate of drug-likeness (QED) is 0.261. The maximum atomic E-state index is 11.3. The fourth-order valence-corrected chi connectivity index (χ4v) is 6.26. The number of nitro benzene ring substituents is 1. The lowest BCUT2D eigenvalue weighted by molar-refractivity contribution is -0.384. The third-order valence-corrected chi connectivity index (χ3v) is 7.84. The maximum absolute atomic E-state index is 11.3. The Bertz CT molecular complexity index is 1290. The average molecular weight is 506 g/mol. The Labute approximate surface area is 216 Å². The van der Waals surface area contributed by atoms with Gasteiger partial charge < -0.3 is 19.5 Å². The van der Waals surface area contributed by atoms with Gasteiger partial charge in [0.05, 0.1) is 41.6 Å². The molecule has 0 unspecified atom stereocenters. The number of pyridine rings is 1. The second kappa shape index (κ2) is 9.89. The van der Waals surface area contributed by atoms with Crippen LogP contribution >= 0.6 is 12.2 Å². The fourth-order valence-electron chi connectivity index (χ4n) is 5.87. The number of hydrogen-bond donors (Lipinski definition) is 1. The molecule has 5 rings (SSSR count). The van der Waals surface area contributed by atoms with Gasteiger partial charge in [0.1, 0.15) is 5.75 Å². The normalized spacial score (nSPS) is 20.4. The molecule has 3 heterocycles. The summed E-state index contributed by atoms with van der Waals surface area (Å²) in [5.74, 6) is 0.461. The van der Waals surface area contributed by atoms with Crippen molar-refractivity contribution in [2.45, 2.75) is 64.1 Å². The Kier molecular flexibility index (Phi) is 6.66. The SMILES string of the molecule is COc1cc([N+](=O)[O-])ccc1-n1c(C)cc([C@@H]2[C@H](c3ccccn3)NC(=S)N2C2CCCCC2)c1C. The molecule has 2 fully saturated rings. The van der Waals surface area contributed by atoms with Crippen molar-refractivity contribution < 1.29 is 9.66 Å². The van der Waals surface area contributed by atoms with Crippen molar-refractivity contribution >= 4 is 23.0 Å². The lowest BCUT2D eigenvalue weighted by Gasteiger charge is -2.37. The number of thiocarbonyl (C=S) groups is 1. The molecular weight excluding hydrogens is 474 g/mol. The number of methoxy groups -OCH3 is 1. The first-order valence-electron chi connectivity index (χ1n) is 12.4. The molecular formula is C27H31N5O3S. The predicted molar refractivity (Wildman–Crippen MR) is 143 cm³/mol. The zero-order chi connectivity index (χ0) is 25.4. The second-order valence-corrected chi connectivity index (χ2v) is 9.99. The molecule has 1 saturated carbocycles. The van der Waals surface area contributed by atoms with Crippen molar-refractivity contribution in [2.24, 2.45) is 0 Å². The zero-order valence-corrected chi connectivity index (χ0v) is 21.6. The highest BCUT2D eigenvalue weighted by atomic mass is 32.1. The molecule has 2 atom stereocenters. The van der Waals surface area contributed by atoms with Gasteiger partial charge in [-0.25, -0.2) is 0 Å². The van der Waals surface area contributed by atoms with E-state index < -0.39 is 4.92 Å². The van der Waals surface area contributed by atoms with Crippen LogP contribution in [0, 0.1) is 24.0 Å². The molecule has 36 heavy (non-hydrogen) atoms. The van der Waals surface area contributed by atoms with Crippen LogP contribution in [0.1, 0.15) is 66.8 Å². The third-order valence-electron chi connectivity index (χ3n) is 7.51. The number of aryl methyl sites for hydroxylation is 1. The average Bonchev–Trinajstić information content (AvgIpc) is 3.39. The Hall–Kier alpha value is -3.46. The minimum Gasteiger partial charge on any atom is -0.494 e. The van der Waals surface area contributed by atoms with Gasteiger partial charge in [-0.3, -0.25) is 15.1 Å². The van der Waals surface area contributed by atoms with Crippen LogP contribution in [0.4, 0.5) is 5.69 Å². The molecule has 0 radical (unpaired) electrons. The van der Waals surface area contributed by atoms with Gasteiger partial charge in [0, 0.05) is 29.7 Å². The smallest absolute Gasteiger partial charge is 0.273 e. The largest absolute Gasteiger partial charge is 0.494 e. The van der Waals surface area contributed by atoms with E-state index in [1.807, 2.05) is 18.3 Å². The van der Waals surface area contributed by atoms with E-state index in [1.165, 1.54) is 37.0 Å². The van der Waals surface area contributed by atoms with Gasteiger partial charge in [0.25, 0.3) is 5.69 Å². The van der Waals surface area contributed by atoms with Crippen LogP contribution < -0.4 is 10.1 Å². The van der Waals surface area contributed by atoms with Gasteiger partial charge in [-0.15, -0.1) is 0 Å². The molecule has 1 N–H and O–H groups in total. The van der Waals surface area contributed by atoms with Crippen molar-refractivity contribution in [3.05, 3.63) is 81.4 Å². The highest BCUT2D eigenvalue weighted by Gasteiger charge is 2.44. The van der Waals surface area contributed by atoms with Gasteiger partial charge >= 0.3 is 0 Å². The molecule has 1 aliphatic heterocycles. The highest BCUT2D eigenvalue weighted by Crippen LogP contribution is 2.45. The van der Waals surface area contributed by atoms with Crippen molar-refractivity contribution in [3.8, 4) is 11.4 Å². The lowest BCUT2D eigenvalue weighted by atomic mass is 9.90. The summed E-state index contributed by atoms with van der Waals surface area (Å²) in [6, 6.07) is 13.3. The summed E-state index contributed by atoms with van der Waals surface area (Å²) in [5.41, 5.74) is 4.98. The van der Waals surface area contributed by atoms with Crippen LogP contribution in [0.25, 0.3) is 5.69 Å². The molecule has 2 aromatic heterocycles. The van der Waals surface area contributed by atoms with Gasteiger partial charge in [-0.1, -0.05) is 25.3 Å². The molecule has 0 spiro atoms. The summed E-state index contributed by atoms with van der Waals surface area (Å²) >= 11 is 5.93. The first-order valence-corrected chi connectivity index (χ1v) is 12.8. The summed E-state index contributed by atoms with van der Waals surface area (Å²) in [6.45, 7) is 4.15. The summed E-state index contributed by atoms with van der Waals surface area (Å²) in [6.07, 6.45) is 7.77. The molecule has 9 heteroatoms. The van der Waals surface area contributed by atoms with Crippen LogP contribution in [-0.4, -0.2) is 37.6 Å². The molecule has 1 saturated heterocycles. The highest BCUT2D eigenvalue weighted by molar-refractivity contribution is 7.80. The van der Waals surface area contributed by atoms with Crippen LogP contribution in [0.3, 0.4) is 0 Å². The summed E-state index contributed by atoms with van der Waals surface area (Å²) in [7, 11) is 1.54. The molecule has 0 amide bonds. The van der Waals surface area contributed by atoms with Crippen molar-refractivity contribution in [2.75, 3.05) is 7.11 Å². The number of ether oxygens (including phenoxy) is 1. The molecule has 1 aliphatic carbocycles. The van der Waals surface area contributed by atoms with Gasteiger partial charge in [-0.05, 0) is 68.7 Å². The number of non-ortho nitro benzene ring substituents is 1. The number of aromatic nitrogens is 2. The zero-order valence-electron chi connectivity index (χ0n) is 20.8. The molecule has 8 nitrogen and oxygen atoms in total. The van der Waals surface area contributed by atoms with Crippen LogP contribution in [0.2, 0.25) is 0 Å². The number of nitro groups is 1. The van der Waals surface area contributed by atoms with Crippen molar-refractivity contribution in [1.29, 1.82) is 0 Å². The number of hydrogen-bond acceptors (Lipinski definition) is 5. The van der Waals surface area contributed by atoms with Crippen LogP contribution in [0.15, 0.2) is 48.7 Å². The molecule has 188 valence electrons. The molecule has 1 aromatic carbocycles. The van der Waals surface area contributed by atoms with E-state index >= 15 is 0 Å². The third kappa shape index (κ3) is 4.21. The van der Waals surface area contributed by atoms with Crippen molar-refractivity contribution in [1.82, 2.24) is 19.8 Å². The van der Waals surface area contributed by atoms with E-state index in [9.17, 15) is 10.1 Å². The Balaban J connectivity index is 1.63. The summed E-state index contributed by atoms with van der Waals surface area (Å²) < 4.78 is 7.70. The standard InChI is InChI=1S/C27H31N5O3S/c1-17-15-21(18(2)30(17)23-13-12-20(32(33)34)16-24(23)35-3)26-25(22-11-7-8-14-28-22)29-27(36)31(26)19-9-5-4-6-10-19/h7-8,11-16,19,25-26H,4-6,9-10H2,1-3H3,(H,29,36)/t25-,26+/m0/s1. The first-order chi connectivity index (χ1) is 17.4. The summed E-state index contributed by atoms with van der Waals surface area (Å²) in [4.78, 5) is 18.0. The topological polar surface area (TPSA) is 85.5 Å². The molecule has 2 aliphatic rings. The van der Waals surface area contributed by atoms with Crippen LogP contribution in [0.5, 0.6) is 5.75 Å². The van der Waals surface area contributed by atoms with Gasteiger partial charge in [-0.2, -0.15) is 0 Å². The van der Waals surface area contributed by atoms with Crippen LogP contribution in [-0.2, 0) is 0 Å². The van der Waals surface area contributed by atoms with Gasteiger partial charge in [0.15, 0.2) is 5.11 Å². The maximum Gasteiger partial charge on any atom is 0.273 e. The molecule has 0 bridgehead atoms. The van der Waals surface area contributed by atoms with E-state index in [-0.39, 0.29) is 17.8 Å². The van der Waals surface area contributed by atoms with Gasteiger partial charge in [0.2, 0.25) is 0 Å². The van der Waals surface area contributed by atoms with E-state index in [1.54, 1.807) is 13.2 Å². The Morgan fingerprint density at radius 3 is 2.58 bits per heavy atom. The first kappa shape index (κ1) is 24.2. The fraction of sp³-hybridized carbons (Fsp3) is 0.407.